The Kier molecular flexibility index (Phi) is 4.15. The third-order valence-electron chi connectivity index (χ3n) is 4.99. The number of nitrogens with zero attached hydrogens (tertiary/aromatic N) is 2. The van der Waals surface area contributed by atoms with Crippen LogP contribution in [0, 0.1) is 17.8 Å². The van der Waals surface area contributed by atoms with Crippen LogP contribution in [0.15, 0.2) is 17.6 Å². The first-order chi connectivity index (χ1) is 12.1. The van der Waals surface area contributed by atoms with Crippen molar-refractivity contribution < 1.29 is 9.59 Å². The van der Waals surface area contributed by atoms with Crippen molar-refractivity contribution in [1.82, 2.24) is 15.2 Å². The Morgan fingerprint density at radius 1 is 1.36 bits per heavy atom. The van der Waals surface area contributed by atoms with Gasteiger partial charge in [-0.15, -0.1) is 11.3 Å². The number of nitrogens with one attached hydrogen (secondary N) is 1. The Labute approximate surface area is 149 Å². The summed E-state index contributed by atoms with van der Waals surface area (Å²) < 4.78 is 0.924. The molecule has 1 atom stereocenters. The summed E-state index contributed by atoms with van der Waals surface area (Å²) >= 11 is 1.48. The fraction of sp³-hybridized carbons (Fsp3) is 0.389. The van der Waals surface area contributed by atoms with E-state index in [0.29, 0.717) is 17.2 Å². The van der Waals surface area contributed by atoms with Crippen molar-refractivity contribution in [1.29, 1.82) is 0 Å². The van der Waals surface area contributed by atoms with Crippen molar-refractivity contribution in [2.75, 3.05) is 19.6 Å². The molecule has 3 N–H and O–H groups in total. The number of rotatable bonds is 2. The molecule has 3 aliphatic rings. The first-order valence-corrected chi connectivity index (χ1v) is 9.20. The molecule has 3 aliphatic heterocycles. The predicted molar refractivity (Wildman–Crippen MR) is 96.1 cm³/mol. The lowest BCUT2D eigenvalue weighted by Crippen LogP contribution is -2.57. The zero-order chi connectivity index (χ0) is 17.4. The van der Waals surface area contributed by atoms with E-state index in [1.54, 1.807) is 12.3 Å². The molecule has 2 amide bonds. The molecule has 2 aromatic rings. The summed E-state index contributed by atoms with van der Waals surface area (Å²) in [7, 11) is 0. The molecule has 2 bridgehead atoms. The van der Waals surface area contributed by atoms with E-state index in [4.69, 9.17) is 5.73 Å². The number of aromatic nitrogens is 1. The third kappa shape index (κ3) is 3.23. The first kappa shape index (κ1) is 16.1. The van der Waals surface area contributed by atoms with Gasteiger partial charge in [0.05, 0.1) is 4.70 Å². The smallest absolute Gasteiger partial charge is 0.293 e. The molecule has 25 heavy (non-hydrogen) atoms. The van der Waals surface area contributed by atoms with Crippen LogP contribution in [0.3, 0.4) is 0 Å². The molecule has 3 fully saturated rings. The van der Waals surface area contributed by atoms with Gasteiger partial charge in [-0.1, -0.05) is 5.92 Å². The molecule has 5 heterocycles. The number of fused-ring (bicyclic) bond motifs is 4. The van der Waals surface area contributed by atoms with Gasteiger partial charge in [-0.3, -0.25) is 9.59 Å². The molecular weight excluding hydrogens is 336 g/mol. The third-order valence-corrected chi connectivity index (χ3v) is 5.92. The highest BCUT2D eigenvalue weighted by molar-refractivity contribution is 7.17. The van der Waals surface area contributed by atoms with E-state index in [-0.39, 0.29) is 11.9 Å². The fourth-order valence-corrected chi connectivity index (χ4v) is 4.49. The van der Waals surface area contributed by atoms with E-state index in [2.05, 4.69) is 27.0 Å². The van der Waals surface area contributed by atoms with Gasteiger partial charge >= 0.3 is 0 Å². The number of amides is 2. The van der Waals surface area contributed by atoms with Gasteiger partial charge in [0.1, 0.15) is 5.69 Å². The highest BCUT2D eigenvalue weighted by Crippen LogP contribution is 2.28. The lowest BCUT2D eigenvalue weighted by atomic mass is 9.84. The normalized spacial score (nSPS) is 24.6. The summed E-state index contributed by atoms with van der Waals surface area (Å²) in [6.45, 7) is 3.20. The summed E-state index contributed by atoms with van der Waals surface area (Å²) in [5, 5.41) is 5.81. The van der Waals surface area contributed by atoms with Gasteiger partial charge < -0.3 is 16.0 Å². The van der Waals surface area contributed by atoms with Gasteiger partial charge in [0.25, 0.3) is 11.8 Å². The molecule has 0 aromatic carbocycles. The molecule has 128 valence electrons. The van der Waals surface area contributed by atoms with Crippen LogP contribution in [0.2, 0.25) is 0 Å². The predicted octanol–water partition coefficient (Wildman–Crippen LogP) is 0.957. The summed E-state index contributed by atoms with van der Waals surface area (Å²) in [5.41, 5.74) is 6.15. The van der Waals surface area contributed by atoms with Crippen molar-refractivity contribution in [3.8, 4) is 11.8 Å². The molecule has 2 aromatic heterocycles. The van der Waals surface area contributed by atoms with Gasteiger partial charge in [0.2, 0.25) is 0 Å². The van der Waals surface area contributed by atoms with E-state index >= 15 is 0 Å². The molecule has 0 saturated carbocycles. The minimum absolute atomic E-state index is 0.152. The van der Waals surface area contributed by atoms with E-state index in [9.17, 15) is 9.59 Å². The molecule has 0 radical (unpaired) electrons. The Bertz CT molecular complexity index is 903. The topological polar surface area (TPSA) is 88.3 Å². The molecule has 3 saturated heterocycles. The Balaban J connectivity index is 1.56. The van der Waals surface area contributed by atoms with E-state index in [1.807, 2.05) is 5.38 Å². The summed E-state index contributed by atoms with van der Waals surface area (Å²) in [6.07, 6.45) is 3.98. The van der Waals surface area contributed by atoms with E-state index < -0.39 is 5.91 Å². The van der Waals surface area contributed by atoms with Crippen molar-refractivity contribution in [3.05, 3.63) is 28.9 Å². The highest BCUT2D eigenvalue weighted by Gasteiger charge is 2.35. The van der Waals surface area contributed by atoms with Crippen LogP contribution >= 0.6 is 11.3 Å². The van der Waals surface area contributed by atoms with Crippen LogP contribution in [0.5, 0.6) is 0 Å². The van der Waals surface area contributed by atoms with Crippen molar-refractivity contribution in [2.45, 2.75) is 18.9 Å². The number of piperidine rings is 3. The van der Waals surface area contributed by atoms with E-state index in [1.165, 1.54) is 11.3 Å². The number of primary amides is 1. The summed E-state index contributed by atoms with van der Waals surface area (Å²) in [5.74, 6) is 4.84. The second-order valence-corrected chi connectivity index (χ2v) is 7.46. The Morgan fingerprint density at radius 3 is 2.84 bits per heavy atom. The fourth-order valence-electron chi connectivity index (χ4n) is 3.65. The van der Waals surface area contributed by atoms with Crippen LogP contribution in [0.4, 0.5) is 0 Å². The number of pyridine rings is 1. The molecular formula is C18H18N4O2S. The number of hydrogen-bond donors (Lipinski definition) is 2. The molecule has 0 spiro atoms. The van der Waals surface area contributed by atoms with E-state index in [0.717, 1.165) is 42.6 Å². The number of carbonyl (C=O) groups is 2. The van der Waals surface area contributed by atoms with Gasteiger partial charge in [-0.05, 0) is 37.9 Å². The maximum Gasteiger partial charge on any atom is 0.293 e. The summed E-state index contributed by atoms with van der Waals surface area (Å²) in [4.78, 5) is 30.2. The zero-order valence-electron chi connectivity index (χ0n) is 13.6. The van der Waals surface area contributed by atoms with Crippen LogP contribution in [0.25, 0.3) is 10.1 Å². The maximum absolute atomic E-state index is 12.6. The minimum Gasteiger partial charge on any atom is -0.359 e. The molecule has 5 rings (SSSR count). The first-order valence-electron chi connectivity index (χ1n) is 8.32. The average Bonchev–Trinajstić information content (AvgIpc) is 3.03. The molecule has 1 unspecified atom stereocenters. The Hall–Kier alpha value is -2.43. The monoisotopic (exact) mass is 354 g/mol. The van der Waals surface area contributed by atoms with Crippen molar-refractivity contribution >= 4 is 33.2 Å². The lowest BCUT2D eigenvalue weighted by Gasteiger charge is -2.44. The number of hydrogen-bond acceptors (Lipinski definition) is 5. The van der Waals surface area contributed by atoms with Crippen LogP contribution in [-0.2, 0) is 4.79 Å². The highest BCUT2D eigenvalue weighted by atomic mass is 32.1. The second-order valence-electron chi connectivity index (χ2n) is 6.55. The average molecular weight is 354 g/mol. The van der Waals surface area contributed by atoms with Gasteiger partial charge in [0, 0.05) is 41.0 Å². The number of thiophene rings is 1. The molecule has 0 aliphatic carbocycles. The SMILES string of the molecule is NC(=O)C#Cc1csc2cnc(C(=O)NC3CN4CCC3CC4)cc12. The van der Waals surface area contributed by atoms with Crippen LogP contribution in [0.1, 0.15) is 28.9 Å². The quantitative estimate of drug-likeness (QED) is 0.786. The van der Waals surface area contributed by atoms with Crippen molar-refractivity contribution in [2.24, 2.45) is 11.7 Å². The van der Waals surface area contributed by atoms with Crippen LogP contribution in [-0.4, -0.2) is 47.4 Å². The minimum atomic E-state index is -0.672. The zero-order valence-corrected chi connectivity index (χ0v) is 14.4. The maximum atomic E-state index is 12.6. The standard InChI is InChI=1S/C18H18N4O2S/c19-17(23)2-1-12-10-25-16-8-20-14(7-13(12)16)18(24)21-15-9-22-5-3-11(15)4-6-22/h7-8,10-11,15H,3-6,9H2,(H2,19,23)(H,21,24). The van der Waals surface area contributed by atoms with Crippen LogP contribution < -0.4 is 11.1 Å². The molecule has 6 nitrogen and oxygen atoms in total. The number of nitrogens with two attached hydrogens (primary N) is 1. The van der Waals surface area contributed by atoms with Gasteiger partial charge in [0.15, 0.2) is 0 Å². The summed E-state index contributed by atoms with van der Waals surface area (Å²) in [6, 6.07) is 1.94. The largest absolute Gasteiger partial charge is 0.359 e. The Morgan fingerprint density at radius 2 is 2.16 bits per heavy atom. The number of carbonyl (C=O) groups excluding carboxylic acids is 2. The lowest BCUT2D eigenvalue weighted by molar-refractivity contribution is -0.112. The second kappa shape index (κ2) is 6.47. The van der Waals surface area contributed by atoms with Crippen molar-refractivity contribution in [3.63, 3.8) is 0 Å². The van der Waals surface area contributed by atoms with Gasteiger partial charge in [-0.25, -0.2) is 4.98 Å². The molecule has 7 heteroatoms. The van der Waals surface area contributed by atoms with Gasteiger partial charge in [-0.2, -0.15) is 0 Å².